The summed E-state index contributed by atoms with van der Waals surface area (Å²) < 4.78 is 19.7. The lowest BCUT2D eigenvalue weighted by Crippen LogP contribution is -2.25. The van der Waals surface area contributed by atoms with E-state index in [0.29, 0.717) is 18.0 Å². The molecular formula is C22H24FN5O. The molecule has 3 heterocycles. The zero-order valence-electron chi connectivity index (χ0n) is 16.7. The first-order valence-electron chi connectivity index (χ1n) is 10.2. The number of rotatable bonds is 6. The van der Waals surface area contributed by atoms with Crippen molar-refractivity contribution in [1.29, 1.82) is 0 Å². The smallest absolute Gasteiger partial charge is 0.326 e. The average molecular weight is 393 g/mol. The summed E-state index contributed by atoms with van der Waals surface area (Å²) in [5, 5.41) is 0. The third-order valence-corrected chi connectivity index (χ3v) is 5.70. The van der Waals surface area contributed by atoms with E-state index in [1.165, 1.54) is 12.1 Å². The van der Waals surface area contributed by atoms with Gasteiger partial charge in [-0.15, -0.1) is 0 Å². The molecule has 1 aliphatic rings. The Kier molecular flexibility index (Phi) is 4.26. The Balaban J connectivity index is 1.65. The molecule has 6 nitrogen and oxygen atoms in total. The number of hydrogen-bond donors (Lipinski definition) is 0. The Morgan fingerprint density at radius 2 is 1.97 bits per heavy atom. The second-order valence-corrected chi connectivity index (χ2v) is 8.33. The third kappa shape index (κ3) is 3.14. The molecule has 0 N–H and O–H groups in total. The maximum atomic E-state index is 14.0. The van der Waals surface area contributed by atoms with E-state index in [-0.39, 0.29) is 17.5 Å². The molecule has 0 amide bonds. The normalized spacial score (nSPS) is 14.5. The van der Waals surface area contributed by atoms with Crippen LogP contribution in [0.1, 0.15) is 45.0 Å². The number of pyridine rings is 1. The van der Waals surface area contributed by atoms with Crippen LogP contribution in [0.4, 0.5) is 4.39 Å². The SMILES string of the molecule is CC(C)CCn1c(Cn2c(=O)n(C3CC3)c3ccc(F)cc32)nc2cnccc21. The molecule has 0 atom stereocenters. The van der Waals surface area contributed by atoms with Crippen molar-refractivity contribution in [3.63, 3.8) is 0 Å². The van der Waals surface area contributed by atoms with Crippen LogP contribution in [-0.4, -0.2) is 23.7 Å². The molecule has 0 aliphatic heterocycles. The molecule has 4 aromatic rings. The fourth-order valence-corrected chi connectivity index (χ4v) is 4.02. The van der Waals surface area contributed by atoms with Crippen LogP contribution in [0.15, 0.2) is 41.5 Å². The van der Waals surface area contributed by atoms with Gasteiger partial charge in [0.25, 0.3) is 0 Å². The summed E-state index contributed by atoms with van der Waals surface area (Å²) in [7, 11) is 0. The van der Waals surface area contributed by atoms with Crippen LogP contribution >= 0.6 is 0 Å². The Hall–Kier alpha value is -2.96. The average Bonchev–Trinajstić information content (AvgIpc) is 3.41. The number of aromatic nitrogens is 5. The molecule has 0 radical (unpaired) electrons. The van der Waals surface area contributed by atoms with Crippen molar-refractivity contribution < 1.29 is 4.39 Å². The standard InChI is InChI=1S/C22H24FN5O/c1-14(2)8-10-26-18-7-9-24-12-17(18)25-21(26)13-27-20-11-15(23)3-6-19(20)28(22(27)29)16-4-5-16/h3,6-7,9,11-12,14,16H,4-5,8,10,13H2,1-2H3. The second kappa shape index (κ2) is 6.83. The van der Waals surface area contributed by atoms with Gasteiger partial charge in [0.15, 0.2) is 0 Å². The van der Waals surface area contributed by atoms with Gasteiger partial charge < -0.3 is 4.57 Å². The largest absolute Gasteiger partial charge is 0.329 e. The summed E-state index contributed by atoms with van der Waals surface area (Å²) in [5.74, 6) is 1.02. The van der Waals surface area contributed by atoms with Crippen molar-refractivity contribution in [2.24, 2.45) is 5.92 Å². The lowest BCUT2D eigenvalue weighted by molar-refractivity contribution is 0.506. The molecule has 1 saturated carbocycles. The molecule has 1 fully saturated rings. The molecule has 0 bridgehead atoms. The van der Waals surface area contributed by atoms with E-state index in [0.717, 1.165) is 48.2 Å². The predicted molar refractivity (Wildman–Crippen MR) is 111 cm³/mol. The van der Waals surface area contributed by atoms with Crippen molar-refractivity contribution in [3.05, 3.63) is 58.8 Å². The molecule has 0 saturated heterocycles. The highest BCUT2D eigenvalue weighted by Crippen LogP contribution is 2.36. The van der Waals surface area contributed by atoms with Crippen LogP contribution < -0.4 is 5.69 Å². The Labute approximate surface area is 167 Å². The molecule has 0 unspecified atom stereocenters. The van der Waals surface area contributed by atoms with Crippen LogP contribution in [0.5, 0.6) is 0 Å². The zero-order chi connectivity index (χ0) is 20.1. The highest BCUT2D eigenvalue weighted by molar-refractivity contribution is 5.77. The fourth-order valence-electron chi connectivity index (χ4n) is 4.02. The van der Waals surface area contributed by atoms with Crippen molar-refractivity contribution in [3.8, 4) is 0 Å². The number of benzene rings is 1. The molecule has 29 heavy (non-hydrogen) atoms. The Bertz CT molecular complexity index is 1260. The van der Waals surface area contributed by atoms with Crippen LogP contribution in [0.25, 0.3) is 22.1 Å². The van der Waals surface area contributed by atoms with Crippen molar-refractivity contribution in [2.45, 2.75) is 52.2 Å². The molecule has 1 aromatic carbocycles. The fraction of sp³-hybridized carbons (Fsp3) is 0.409. The number of halogens is 1. The number of nitrogens with zero attached hydrogens (tertiary/aromatic N) is 5. The predicted octanol–water partition coefficient (Wildman–Crippen LogP) is 4.12. The number of imidazole rings is 2. The molecule has 3 aromatic heterocycles. The van der Waals surface area contributed by atoms with Gasteiger partial charge in [-0.05, 0) is 49.4 Å². The van der Waals surface area contributed by atoms with E-state index in [1.54, 1.807) is 23.0 Å². The first-order chi connectivity index (χ1) is 14.0. The van der Waals surface area contributed by atoms with Gasteiger partial charge >= 0.3 is 5.69 Å². The van der Waals surface area contributed by atoms with Crippen LogP contribution in [0, 0.1) is 11.7 Å². The highest BCUT2D eigenvalue weighted by Gasteiger charge is 2.29. The van der Waals surface area contributed by atoms with Gasteiger partial charge in [0.2, 0.25) is 0 Å². The summed E-state index contributed by atoms with van der Waals surface area (Å²) >= 11 is 0. The quantitative estimate of drug-likeness (QED) is 0.495. The van der Waals surface area contributed by atoms with Gasteiger partial charge in [-0.2, -0.15) is 0 Å². The summed E-state index contributed by atoms with van der Waals surface area (Å²) in [5.41, 5.74) is 3.17. The maximum absolute atomic E-state index is 14.0. The van der Waals surface area contributed by atoms with Crippen molar-refractivity contribution in [1.82, 2.24) is 23.7 Å². The van der Waals surface area contributed by atoms with Crippen LogP contribution in [0.2, 0.25) is 0 Å². The number of hydrogen-bond acceptors (Lipinski definition) is 3. The topological polar surface area (TPSA) is 57.6 Å². The van der Waals surface area contributed by atoms with E-state index in [2.05, 4.69) is 23.4 Å². The van der Waals surface area contributed by atoms with Crippen molar-refractivity contribution in [2.75, 3.05) is 0 Å². The van der Waals surface area contributed by atoms with E-state index >= 15 is 0 Å². The Morgan fingerprint density at radius 1 is 1.14 bits per heavy atom. The van der Waals surface area contributed by atoms with Gasteiger partial charge in [-0.3, -0.25) is 14.1 Å². The first kappa shape index (κ1) is 18.1. The molecule has 150 valence electrons. The minimum Gasteiger partial charge on any atom is -0.326 e. The number of fused-ring (bicyclic) bond motifs is 2. The van der Waals surface area contributed by atoms with E-state index < -0.39 is 0 Å². The summed E-state index contributed by atoms with van der Waals surface area (Å²) in [6, 6.07) is 6.78. The molecule has 5 rings (SSSR count). The lowest BCUT2D eigenvalue weighted by atomic mass is 10.1. The molecular weight excluding hydrogens is 369 g/mol. The minimum absolute atomic E-state index is 0.0892. The maximum Gasteiger partial charge on any atom is 0.329 e. The van der Waals surface area contributed by atoms with Gasteiger partial charge in [0, 0.05) is 18.8 Å². The molecule has 0 spiro atoms. The second-order valence-electron chi connectivity index (χ2n) is 8.33. The monoisotopic (exact) mass is 393 g/mol. The molecule has 1 aliphatic carbocycles. The highest BCUT2D eigenvalue weighted by atomic mass is 19.1. The minimum atomic E-state index is -0.336. The summed E-state index contributed by atoms with van der Waals surface area (Å²) in [6.45, 7) is 5.51. The van der Waals surface area contributed by atoms with E-state index in [4.69, 9.17) is 4.98 Å². The summed E-state index contributed by atoms with van der Waals surface area (Å²) in [4.78, 5) is 22.2. The van der Waals surface area contributed by atoms with E-state index in [1.807, 2.05) is 10.6 Å². The Morgan fingerprint density at radius 3 is 2.72 bits per heavy atom. The third-order valence-electron chi connectivity index (χ3n) is 5.70. The van der Waals surface area contributed by atoms with Crippen LogP contribution in [0.3, 0.4) is 0 Å². The van der Waals surface area contributed by atoms with Gasteiger partial charge in [-0.1, -0.05) is 13.8 Å². The van der Waals surface area contributed by atoms with Crippen LogP contribution in [-0.2, 0) is 13.1 Å². The summed E-state index contributed by atoms with van der Waals surface area (Å²) in [6.07, 6.45) is 6.51. The van der Waals surface area contributed by atoms with Gasteiger partial charge in [0.05, 0.1) is 29.3 Å². The van der Waals surface area contributed by atoms with Gasteiger partial charge in [0.1, 0.15) is 17.2 Å². The lowest BCUT2D eigenvalue weighted by Gasteiger charge is -2.11. The first-order valence-corrected chi connectivity index (χ1v) is 10.2. The zero-order valence-corrected chi connectivity index (χ0v) is 16.7. The number of aryl methyl sites for hydroxylation is 1. The van der Waals surface area contributed by atoms with Gasteiger partial charge in [-0.25, -0.2) is 14.2 Å². The van der Waals surface area contributed by atoms with Crippen molar-refractivity contribution >= 4 is 22.1 Å². The molecule has 7 heteroatoms. The van der Waals surface area contributed by atoms with E-state index in [9.17, 15) is 9.18 Å².